The van der Waals surface area contributed by atoms with E-state index in [-0.39, 0.29) is 17.1 Å². The molecule has 0 amide bonds. The number of phenols is 2. The zero-order chi connectivity index (χ0) is 6.85. The predicted octanol–water partition coefficient (Wildman–Crippen LogP) is 1.16. The highest BCUT2D eigenvalue weighted by Crippen LogP contribution is 2.26. The first-order valence-electron chi connectivity index (χ1n) is 2.48. The lowest BCUT2D eigenvalue weighted by atomic mass is 10.2. The Morgan fingerprint density at radius 3 is 2.33 bits per heavy atom. The third-order valence-corrected chi connectivity index (χ3v) is 1.05. The molecule has 0 fully saturated rings. The molecule has 2 heteroatoms. The minimum atomic E-state index is -0.252. The summed E-state index contributed by atoms with van der Waals surface area (Å²) in [6.45, 7) is 5.21. The van der Waals surface area contributed by atoms with Crippen LogP contribution in [0.25, 0.3) is 0 Å². The molecule has 2 N–H and O–H groups in total. The number of aromatic hydroxyl groups is 2. The van der Waals surface area contributed by atoms with E-state index in [0.29, 0.717) is 0 Å². The van der Waals surface area contributed by atoms with Crippen molar-refractivity contribution in [3.63, 3.8) is 0 Å². The van der Waals surface area contributed by atoms with Crippen LogP contribution in [0.5, 0.6) is 11.5 Å². The zero-order valence-electron chi connectivity index (χ0n) is 4.70. The Morgan fingerprint density at radius 1 is 1.22 bits per heavy atom. The smallest absolute Gasteiger partial charge is 0.160 e. The van der Waals surface area contributed by atoms with Gasteiger partial charge in [0.25, 0.3) is 0 Å². The van der Waals surface area contributed by atoms with Crippen molar-refractivity contribution in [2.45, 2.75) is 0 Å². The van der Waals surface area contributed by atoms with Gasteiger partial charge in [0.1, 0.15) is 0 Å². The van der Waals surface area contributed by atoms with E-state index in [1.807, 2.05) is 0 Å². The SMILES string of the molecule is [CH]c1cccc(O)c1O. The van der Waals surface area contributed by atoms with Gasteiger partial charge < -0.3 is 10.2 Å². The number of para-hydroxylation sites is 1. The van der Waals surface area contributed by atoms with Crippen molar-refractivity contribution in [1.82, 2.24) is 0 Å². The Hall–Kier alpha value is -1.18. The molecule has 0 aliphatic rings. The van der Waals surface area contributed by atoms with Crippen molar-refractivity contribution < 1.29 is 10.2 Å². The van der Waals surface area contributed by atoms with Gasteiger partial charge in [0.05, 0.1) is 0 Å². The molecular weight excluding hydrogens is 116 g/mol. The number of benzene rings is 1. The largest absolute Gasteiger partial charge is 0.504 e. The fraction of sp³-hybridized carbons (Fsp3) is 0. The molecule has 0 aliphatic carbocycles. The molecule has 0 bridgehead atoms. The highest BCUT2D eigenvalue weighted by molar-refractivity contribution is 5.45. The molecule has 0 aliphatic heterocycles. The first-order valence-corrected chi connectivity index (χ1v) is 2.48. The monoisotopic (exact) mass is 122 g/mol. The van der Waals surface area contributed by atoms with Crippen LogP contribution in [-0.2, 0) is 0 Å². The van der Waals surface area contributed by atoms with Crippen LogP contribution in [-0.4, -0.2) is 10.2 Å². The zero-order valence-corrected chi connectivity index (χ0v) is 4.70. The van der Waals surface area contributed by atoms with Crippen molar-refractivity contribution in [3.05, 3.63) is 30.7 Å². The van der Waals surface area contributed by atoms with Gasteiger partial charge in [-0.3, -0.25) is 0 Å². The summed E-state index contributed by atoms with van der Waals surface area (Å²) in [6, 6.07) is 4.44. The molecular formula is C7H6O2. The maximum Gasteiger partial charge on any atom is 0.160 e. The minimum absolute atomic E-state index is 0.185. The molecule has 0 heterocycles. The minimum Gasteiger partial charge on any atom is -0.504 e. The van der Waals surface area contributed by atoms with E-state index < -0.39 is 0 Å². The summed E-state index contributed by atoms with van der Waals surface area (Å²) >= 11 is 0. The van der Waals surface area contributed by atoms with E-state index in [0.717, 1.165) is 0 Å². The predicted molar refractivity (Wildman–Crippen MR) is 33.2 cm³/mol. The van der Waals surface area contributed by atoms with E-state index in [1.54, 1.807) is 6.07 Å². The summed E-state index contributed by atoms with van der Waals surface area (Å²) in [6.07, 6.45) is 0. The van der Waals surface area contributed by atoms with Gasteiger partial charge in [-0.2, -0.15) is 0 Å². The molecule has 1 aromatic rings. The van der Waals surface area contributed by atoms with Gasteiger partial charge in [-0.1, -0.05) is 12.1 Å². The molecule has 0 aromatic heterocycles. The second-order valence-corrected chi connectivity index (χ2v) is 1.71. The second-order valence-electron chi connectivity index (χ2n) is 1.71. The third kappa shape index (κ3) is 0.964. The summed E-state index contributed by atoms with van der Waals surface area (Å²) in [5.41, 5.74) is 0.190. The summed E-state index contributed by atoms with van der Waals surface area (Å²) in [5.74, 6) is -0.437. The Morgan fingerprint density at radius 2 is 1.89 bits per heavy atom. The number of phenolic OH excluding ortho intramolecular Hbond substituents is 2. The van der Waals surface area contributed by atoms with Gasteiger partial charge in [-0.05, 0) is 6.07 Å². The van der Waals surface area contributed by atoms with Gasteiger partial charge in [-0.15, -0.1) is 0 Å². The number of hydrogen-bond acceptors (Lipinski definition) is 2. The Kier molecular flexibility index (Phi) is 1.30. The third-order valence-electron chi connectivity index (χ3n) is 1.05. The number of rotatable bonds is 0. The first kappa shape index (κ1) is 5.95. The fourth-order valence-corrected chi connectivity index (χ4v) is 0.549. The highest BCUT2D eigenvalue weighted by atomic mass is 16.3. The van der Waals surface area contributed by atoms with Crippen LogP contribution in [0, 0.1) is 6.92 Å². The molecule has 1 rings (SSSR count). The van der Waals surface area contributed by atoms with E-state index in [1.165, 1.54) is 12.1 Å². The van der Waals surface area contributed by atoms with Crippen molar-refractivity contribution >= 4 is 0 Å². The first-order chi connectivity index (χ1) is 4.22. The lowest BCUT2D eigenvalue weighted by Crippen LogP contribution is -1.72. The van der Waals surface area contributed by atoms with E-state index in [2.05, 4.69) is 0 Å². The summed E-state index contributed by atoms with van der Waals surface area (Å²) < 4.78 is 0. The molecule has 46 valence electrons. The second kappa shape index (κ2) is 1.97. The van der Waals surface area contributed by atoms with Crippen molar-refractivity contribution in [2.75, 3.05) is 0 Å². The Labute approximate surface area is 53.4 Å². The van der Waals surface area contributed by atoms with Crippen molar-refractivity contribution in [2.24, 2.45) is 0 Å². The van der Waals surface area contributed by atoms with Crippen LogP contribution < -0.4 is 0 Å². The maximum absolute atomic E-state index is 8.83. The normalized spacial score (nSPS) is 9.44. The van der Waals surface area contributed by atoms with Crippen molar-refractivity contribution in [1.29, 1.82) is 0 Å². The summed E-state index contributed by atoms with van der Waals surface area (Å²) in [7, 11) is 0. The van der Waals surface area contributed by atoms with Gasteiger partial charge in [-0.25, -0.2) is 0 Å². The fourth-order valence-electron chi connectivity index (χ4n) is 0.549. The quantitative estimate of drug-likeness (QED) is 0.507. The van der Waals surface area contributed by atoms with Crippen LogP contribution in [0.3, 0.4) is 0 Å². The van der Waals surface area contributed by atoms with Crippen LogP contribution in [0.4, 0.5) is 0 Å². The molecule has 0 saturated heterocycles. The number of hydrogen-bond donors (Lipinski definition) is 2. The van der Waals surface area contributed by atoms with Crippen molar-refractivity contribution in [3.8, 4) is 11.5 Å². The van der Waals surface area contributed by atoms with Gasteiger partial charge >= 0.3 is 0 Å². The summed E-state index contributed by atoms with van der Waals surface area (Å²) in [5, 5.41) is 17.6. The van der Waals surface area contributed by atoms with Gasteiger partial charge in [0.15, 0.2) is 11.5 Å². The lowest BCUT2D eigenvalue weighted by molar-refractivity contribution is 0.402. The average molecular weight is 122 g/mol. The lowest BCUT2D eigenvalue weighted by Gasteiger charge is -1.97. The topological polar surface area (TPSA) is 40.5 Å². The Balaban J connectivity index is 3.25. The van der Waals surface area contributed by atoms with Crippen LogP contribution in [0.15, 0.2) is 18.2 Å². The maximum atomic E-state index is 8.83. The molecule has 0 unspecified atom stereocenters. The van der Waals surface area contributed by atoms with Gasteiger partial charge in [0.2, 0.25) is 0 Å². The molecule has 0 saturated carbocycles. The average Bonchev–Trinajstić information content (AvgIpc) is 1.83. The van der Waals surface area contributed by atoms with E-state index in [9.17, 15) is 0 Å². The summed E-state index contributed by atoms with van der Waals surface area (Å²) in [4.78, 5) is 0. The highest BCUT2D eigenvalue weighted by Gasteiger charge is 1.98. The van der Waals surface area contributed by atoms with Crippen LogP contribution >= 0.6 is 0 Å². The Bertz CT molecular complexity index is 198. The molecule has 0 spiro atoms. The molecule has 2 radical (unpaired) electrons. The standard InChI is InChI=1S/C7H6O2/c1-5-3-2-4-6(8)7(5)9/h1-4,8-9H. The molecule has 2 nitrogen and oxygen atoms in total. The van der Waals surface area contributed by atoms with E-state index in [4.69, 9.17) is 17.1 Å². The van der Waals surface area contributed by atoms with E-state index >= 15 is 0 Å². The molecule has 9 heavy (non-hydrogen) atoms. The van der Waals surface area contributed by atoms with Crippen LogP contribution in [0.2, 0.25) is 0 Å². The van der Waals surface area contributed by atoms with Crippen LogP contribution in [0.1, 0.15) is 5.56 Å². The van der Waals surface area contributed by atoms with Gasteiger partial charge in [0, 0.05) is 12.5 Å². The molecule has 0 atom stereocenters. The molecule has 1 aromatic carbocycles.